The molecule has 2 aromatic rings. The number of urea groups is 1. The van der Waals surface area contributed by atoms with Crippen molar-refractivity contribution in [1.82, 2.24) is 4.90 Å². The minimum atomic E-state index is -0.507. The highest BCUT2D eigenvalue weighted by atomic mass is 79.9. The van der Waals surface area contributed by atoms with Crippen molar-refractivity contribution in [1.29, 1.82) is 0 Å². The zero-order valence-corrected chi connectivity index (χ0v) is 15.0. The average Bonchev–Trinajstić information content (AvgIpc) is 2.80. The molecule has 3 amide bonds. The van der Waals surface area contributed by atoms with Gasteiger partial charge in [0.05, 0.1) is 12.8 Å². The largest absolute Gasteiger partial charge is 0.497 e. The predicted molar refractivity (Wildman–Crippen MR) is 95.0 cm³/mol. The Hall–Kier alpha value is -2.34. The quantitative estimate of drug-likeness (QED) is 0.748. The third-order valence-corrected chi connectivity index (χ3v) is 4.58. The van der Waals surface area contributed by atoms with Crippen molar-refractivity contribution < 1.29 is 14.3 Å². The highest BCUT2D eigenvalue weighted by Gasteiger charge is 2.43. The van der Waals surface area contributed by atoms with Crippen LogP contribution >= 0.6 is 15.9 Å². The summed E-state index contributed by atoms with van der Waals surface area (Å²) in [6.07, 6.45) is 0. The molecule has 1 saturated heterocycles. The summed E-state index contributed by atoms with van der Waals surface area (Å²) >= 11 is 3.36. The van der Waals surface area contributed by atoms with Crippen LogP contribution in [0.15, 0.2) is 53.0 Å². The Morgan fingerprint density at radius 1 is 1.12 bits per heavy atom. The molecule has 1 fully saturated rings. The number of carbonyl (C=O) groups is 2. The number of benzene rings is 2. The van der Waals surface area contributed by atoms with Crippen LogP contribution < -0.4 is 9.64 Å². The van der Waals surface area contributed by atoms with Gasteiger partial charge >= 0.3 is 6.03 Å². The Labute approximate surface area is 148 Å². The van der Waals surface area contributed by atoms with E-state index in [0.717, 1.165) is 15.8 Å². The van der Waals surface area contributed by atoms with Gasteiger partial charge in [-0.3, -0.25) is 4.79 Å². The summed E-state index contributed by atoms with van der Waals surface area (Å²) in [5.74, 6) is 0.508. The van der Waals surface area contributed by atoms with Gasteiger partial charge in [-0.25, -0.2) is 9.69 Å². The molecule has 3 rings (SSSR count). The lowest BCUT2D eigenvalue weighted by molar-refractivity contribution is -0.119. The van der Waals surface area contributed by atoms with Crippen LogP contribution in [-0.2, 0) is 11.3 Å². The normalized spacial score (nSPS) is 17.5. The van der Waals surface area contributed by atoms with Gasteiger partial charge in [-0.2, -0.15) is 0 Å². The maximum atomic E-state index is 12.8. The van der Waals surface area contributed by atoms with E-state index in [-0.39, 0.29) is 11.9 Å². The molecule has 6 heteroatoms. The predicted octanol–water partition coefficient (Wildman–Crippen LogP) is 3.82. The summed E-state index contributed by atoms with van der Waals surface area (Å²) in [5, 5.41) is 0. The van der Waals surface area contributed by atoms with E-state index in [4.69, 9.17) is 4.74 Å². The number of hydrogen-bond donors (Lipinski definition) is 0. The van der Waals surface area contributed by atoms with Gasteiger partial charge in [-0.15, -0.1) is 0 Å². The number of anilines is 1. The first kappa shape index (κ1) is 16.5. The number of ether oxygens (including phenoxy) is 1. The average molecular weight is 389 g/mol. The zero-order valence-electron chi connectivity index (χ0n) is 13.4. The molecule has 1 atom stereocenters. The summed E-state index contributed by atoms with van der Waals surface area (Å²) in [6, 6.07) is 13.8. The van der Waals surface area contributed by atoms with Crippen molar-refractivity contribution >= 4 is 33.6 Å². The maximum absolute atomic E-state index is 12.8. The van der Waals surface area contributed by atoms with E-state index >= 15 is 0 Å². The van der Waals surface area contributed by atoms with E-state index in [1.807, 2.05) is 36.4 Å². The smallest absolute Gasteiger partial charge is 0.332 e. The van der Waals surface area contributed by atoms with Crippen LogP contribution in [0.2, 0.25) is 0 Å². The van der Waals surface area contributed by atoms with Crippen LogP contribution in [0.4, 0.5) is 10.5 Å². The van der Waals surface area contributed by atoms with Gasteiger partial charge in [0.15, 0.2) is 0 Å². The Morgan fingerprint density at radius 2 is 1.83 bits per heavy atom. The number of rotatable bonds is 4. The molecule has 124 valence electrons. The minimum Gasteiger partial charge on any atom is -0.497 e. The van der Waals surface area contributed by atoms with Crippen molar-refractivity contribution in [3.63, 3.8) is 0 Å². The molecule has 1 heterocycles. The summed E-state index contributed by atoms with van der Waals surface area (Å²) in [5.41, 5.74) is 1.49. The van der Waals surface area contributed by atoms with E-state index in [9.17, 15) is 9.59 Å². The lowest BCUT2D eigenvalue weighted by Crippen LogP contribution is -2.33. The molecule has 0 bridgehead atoms. The third-order valence-electron chi connectivity index (χ3n) is 4.05. The van der Waals surface area contributed by atoms with Gasteiger partial charge in [0.2, 0.25) is 0 Å². The molecule has 0 saturated carbocycles. The Balaban J connectivity index is 1.86. The molecule has 1 aliphatic rings. The number of amides is 3. The molecule has 24 heavy (non-hydrogen) atoms. The number of methoxy groups -OCH3 is 1. The highest BCUT2D eigenvalue weighted by molar-refractivity contribution is 9.10. The van der Waals surface area contributed by atoms with E-state index in [1.165, 1.54) is 4.90 Å². The first-order valence-electron chi connectivity index (χ1n) is 7.54. The number of imide groups is 1. The van der Waals surface area contributed by atoms with E-state index in [2.05, 4.69) is 15.9 Å². The van der Waals surface area contributed by atoms with Crippen LogP contribution in [0, 0.1) is 0 Å². The highest BCUT2D eigenvalue weighted by Crippen LogP contribution is 2.28. The van der Waals surface area contributed by atoms with Crippen molar-refractivity contribution in [3.8, 4) is 5.75 Å². The van der Waals surface area contributed by atoms with Crippen LogP contribution in [0.5, 0.6) is 5.75 Å². The second-order valence-corrected chi connectivity index (χ2v) is 6.50. The topological polar surface area (TPSA) is 49.9 Å². The number of hydrogen-bond acceptors (Lipinski definition) is 3. The van der Waals surface area contributed by atoms with Crippen LogP contribution in [0.25, 0.3) is 0 Å². The molecule has 1 unspecified atom stereocenters. The number of halogens is 1. The molecule has 0 N–H and O–H groups in total. The monoisotopic (exact) mass is 388 g/mol. The lowest BCUT2D eigenvalue weighted by Gasteiger charge is -2.19. The van der Waals surface area contributed by atoms with Crippen molar-refractivity contribution in [2.24, 2.45) is 0 Å². The molecule has 2 aromatic carbocycles. The molecular weight excluding hydrogens is 372 g/mol. The van der Waals surface area contributed by atoms with Crippen LogP contribution in [0.1, 0.15) is 12.5 Å². The Morgan fingerprint density at radius 3 is 2.50 bits per heavy atom. The summed E-state index contributed by atoms with van der Waals surface area (Å²) in [4.78, 5) is 28.1. The van der Waals surface area contributed by atoms with E-state index in [1.54, 1.807) is 31.1 Å². The summed E-state index contributed by atoms with van der Waals surface area (Å²) < 4.78 is 6.11. The summed E-state index contributed by atoms with van der Waals surface area (Å²) in [6.45, 7) is 2.11. The van der Waals surface area contributed by atoms with E-state index < -0.39 is 6.04 Å². The standard InChI is InChI=1S/C18H17BrN2O3/c1-12-17(22)21(15-8-6-14(19)7-9-15)18(23)20(12)11-13-4-3-5-16(10-13)24-2/h3-10,12H,11H2,1-2H3. The lowest BCUT2D eigenvalue weighted by atomic mass is 10.2. The second kappa shape index (κ2) is 6.65. The fourth-order valence-corrected chi connectivity index (χ4v) is 2.97. The summed E-state index contributed by atoms with van der Waals surface area (Å²) in [7, 11) is 1.60. The first-order valence-corrected chi connectivity index (χ1v) is 8.33. The maximum Gasteiger partial charge on any atom is 0.332 e. The van der Waals surface area contributed by atoms with Crippen molar-refractivity contribution in [2.75, 3.05) is 12.0 Å². The van der Waals surface area contributed by atoms with Crippen molar-refractivity contribution in [3.05, 3.63) is 58.6 Å². The Kier molecular flexibility index (Phi) is 4.57. The molecule has 0 aliphatic carbocycles. The molecule has 0 spiro atoms. The third kappa shape index (κ3) is 3.01. The van der Waals surface area contributed by atoms with Crippen LogP contribution in [0.3, 0.4) is 0 Å². The molecule has 0 radical (unpaired) electrons. The second-order valence-electron chi connectivity index (χ2n) is 5.59. The zero-order chi connectivity index (χ0) is 17.3. The number of carbonyl (C=O) groups excluding carboxylic acids is 2. The Bertz CT molecular complexity index is 776. The fraction of sp³-hybridized carbons (Fsp3) is 0.222. The van der Waals surface area contributed by atoms with Gasteiger partial charge in [-0.05, 0) is 48.9 Å². The molecular formula is C18H17BrN2O3. The van der Waals surface area contributed by atoms with Gasteiger partial charge in [0, 0.05) is 11.0 Å². The molecule has 0 aromatic heterocycles. The minimum absolute atomic E-state index is 0.217. The number of nitrogens with zero attached hydrogens (tertiary/aromatic N) is 2. The van der Waals surface area contributed by atoms with Gasteiger partial charge in [-0.1, -0.05) is 28.1 Å². The van der Waals surface area contributed by atoms with E-state index in [0.29, 0.717) is 12.2 Å². The molecule has 1 aliphatic heterocycles. The molecule has 5 nitrogen and oxygen atoms in total. The van der Waals surface area contributed by atoms with Gasteiger partial charge in [0.25, 0.3) is 5.91 Å². The van der Waals surface area contributed by atoms with Gasteiger partial charge < -0.3 is 9.64 Å². The SMILES string of the molecule is COc1cccc(CN2C(=O)N(c3ccc(Br)cc3)C(=O)C2C)c1. The fourth-order valence-electron chi connectivity index (χ4n) is 2.71. The first-order chi connectivity index (χ1) is 11.5. The van der Waals surface area contributed by atoms with Crippen LogP contribution in [-0.4, -0.2) is 30.0 Å². The van der Waals surface area contributed by atoms with Gasteiger partial charge in [0.1, 0.15) is 11.8 Å². The van der Waals surface area contributed by atoms with Crippen molar-refractivity contribution in [2.45, 2.75) is 19.5 Å².